The van der Waals surface area contributed by atoms with E-state index in [0.29, 0.717) is 45.5 Å². The van der Waals surface area contributed by atoms with Crippen LogP contribution < -0.4 is 5.56 Å². The molecule has 33 heavy (non-hydrogen) atoms. The lowest BCUT2D eigenvalue weighted by Crippen LogP contribution is -2.22. The van der Waals surface area contributed by atoms with E-state index in [-0.39, 0.29) is 17.1 Å². The Morgan fingerprint density at radius 2 is 1.85 bits per heavy atom. The van der Waals surface area contributed by atoms with Gasteiger partial charge >= 0.3 is 0 Å². The van der Waals surface area contributed by atoms with Crippen molar-refractivity contribution in [3.63, 3.8) is 0 Å². The number of fused-ring (bicyclic) bond motifs is 1. The summed E-state index contributed by atoms with van der Waals surface area (Å²) in [7, 11) is 1.66. The van der Waals surface area contributed by atoms with Gasteiger partial charge < -0.3 is 9.30 Å². The van der Waals surface area contributed by atoms with Crippen LogP contribution in [-0.4, -0.2) is 39.4 Å². The van der Waals surface area contributed by atoms with E-state index in [9.17, 15) is 9.59 Å². The van der Waals surface area contributed by atoms with Gasteiger partial charge in [-0.2, -0.15) is 0 Å². The quantitative estimate of drug-likeness (QED) is 0.199. The van der Waals surface area contributed by atoms with Crippen LogP contribution in [0.5, 0.6) is 0 Å². The fourth-order valence-electron chi connectivity index (χ4n) is 3.84. The van der Waals surface area contributed by atoms with Crippen molar-refractivity contribution in [3.05, 3.63) is 86.9 Å². The number of ketones is 1. The molecule has 0 fully saturated rings. The van der Waals surface area contributed by atoms with E-state index in [1.165, 1.54) is 11.8 Å². The Labute approximate surface area is 201 Å². The highest BCUT2D eigenvalue weighted by Gasteiger charge is 2.19. The predicted molar refractivity (Wildman–Crippen MR) is 133 cm³/mol. The van der Waals surface area contributed by atoms with Crippen LogP contribution in [0.3, 0.4) is 0 Å². The molecule has 170 valence electrons. The van der Waals surface area contributed by atoms with Crippen LogP contribution in [0.4, 0.5) is 0 Å². The molecule has 0 aliphatic heterocycles. The van der Waals surface area contributed by atoms with E-state index in [2.05, 4.69) is 4.57 Å². The molecule has 0 bridgehead atoms. The maximum atomic E-state index is 13.3. The van der Waals surface area contributed by atoms with Gasteiger partial charge in [-0.3, -0.25) is 14.2 Å². The highest BCUT2D eigenvalue weighted by atomic mass is 35.5. The molecule has 0 N–H and O–H groups in total. The summed E-state index contributed by atoms with van der Waals surface area (Å²) in [5.41, 5.74) is 3.67. The lowest BCUT2D eigenvalue weighted by molar-refractivity contribution is 0.102. The zero-order valence-electron chi connectivity index (χ0n) is 18.7. The molecule has 2 aromatic heterocycles. The molecule has 0 saturated carbocycles. The minimum absolute atomic E-state index is 0.0122. The number of carbonyl (C=O) groups excluding carboxylic acids is 1. The number of aryl methyl sites for hydroxylation is 1. The summed E-state index contributed by atoms with van der Waals surface area (Å²) in [6, 6.07) is 16.1. The van der Waals surface area contributed by atoms with E-state index in [1.807, 2.05) is 32.0 Å². The molecule has 0 aliphatic carbocycles. The maximum Gasteiger partial charge on any atom is 0.266 e. The Morgan fingerprint density at radius 1 is 1.12 bits per heavy atom. The van der Waals surface area contributed by atoms with Crippen molar-refractivity contribution in [1.29, 1.82) is 0 Å². The van der Waals surface area contributed by atoms with Gasteiger partial charge in [-0.05, 0) is 56.3 Å². The summed E-state index contributed by atoms with van der Waals surface area (Å²) in [5.74, 6) is 0.147. The average Bonchev–Trinajstić information content (AvgIpc) is 3.10. The summed E-state index contributed by atoms with van der Waals surface area (Å²) in [5, 5.41) is 1.56. The molecule has 2 aromatic carbocycles. The van der Waals surface area contributed by atoms with E-state index in [1.54, 1.807) is 48.1 Å². The van der Waals surface area contributed by atoms with Gasteiger partial charge in [-0.25, -0.2) is 4.98 Å². The molecular weight excluding hydrogens is 458 g/mol. The van der Waals surface area contributed by atoms with Gasteiger partial charge in [0, 0.05) is 35.6 Å². The van der Waals surface area contributed by atoms with Gasteiger partial charge in [0.2, 0.25) is 0 Å². The van der Waals surface area contributed by atoms with E-state index < -0.39 is 0 Å². The van der Waals surface area contributed by atoms with Crippen molar-refractivity contribution in [2.75, 3.05) is 19.5 Å². The van der Waals surface area contributed by atoms with E-state index >= 15 is 0 Å². The first-order chi connectivity index (χ1) is 15.9. The first kappa shape index (κ1) is 23.3. The van der Waals surface area contributed by atoms with Gasteiger partial charge in [0.15, 0.2) is 10.9 Å². The van der Waals surface area contributed by atoms with Gasteiger partial charge in [-0.15, -0.1) is 0 Å². The Bertz CT molecular complexity index is 1380. The largest absolute Gasteiger partial charge is 0.383 e. The lowest BCUT2D eigenvalue weighted by atomic mass is 10.2. The molecule has 0 saturated heterocycles. The molecule has 2 heterocycles. The fourth-order valence-corrected chi connectivity index (χ4v) is 4.87. The number of hydrogen-bond donors (Lipinski definition) is 0. The third-order valence-electron chi connectivity index (χ3n) is 5.56. The zero-order chi connectivity index (χ0) is 23.5. The first-order valence-corrected chi connectivity index (χ1v) is 11.9. The molecule has 0 radical (unpaired) electrons. The highest BCUT2D eigenvalue weighted by Crippen LogP contribution is 2.24. The number of aromatic nitrogens is 3. The molecule has 0 atom stereocenters. The van der Waals surface area contributed by atoms with Gasteiger partial charge in [0.05, 0.1) is 29.0 Å². The third kappa shape index (κ3) is 4.76. The number of carbonyl (C=O) groups is 1. The summed E-state index contributed by atoms with van der Waals surface area (Å²) in [6.45, 7) is 5.19. The number of para-hydroxylation sites is 1. The van der Waals surface area contributed by atoms with E-state index in [4.69, 9.17) is 21.3 Å². The molecular formula is C25H24ClN3O3S. The fraction of sp³-hybridized carbons (Fsp3) is 0.240. The number of halogens is 1. The van der Waals surface area contributed by atoms with Gasteiger partial charge in [-0.1, -0.05) is 35.5 Å². The summed E-state index contributed by atoms with van der Waals surface area (Å²) in [4.78, 5) is 31.2. The van der Waals surface area contributed by atoms with Crippen LogP contribution >= 0.6 is 23.4 Å². The Morgan fingerprint density at radius 3 is 2.58 bits per heavy atom. The second-order valence-corrected chi connectivity index (χ2v) is 9.05. The zero-order valence-corrected chi connectivity index (χ0v) is 20.2. The Hall–Kier alpha value is -2.87. The highest BCUT2D eigenvalue weighted by molar-refractivity contribution is 7.99. The van der Waals surface area contributed by atoms with Crippen molar-refractivity contribution >= 4 is 40.0 Å². The third-order valence-corrected chi connectivity index (χ3v) is 6.75. The molecule has 6 nitrogen and oxygen atoms in total. The standard InChI is InChI=1S/C25H24ClN3O3S/c1-16-14-21(17(2)28(16)12-13-32-3)23(30)15-33-25-27-22-7-5-4-6-20(22)24(31)29(25)19-10-8-18(26)9-11-19/h4-11,14H,12-13,15H2,1-3H3. The summed E-state index contributed by atoms with van der Waals surface area (Å²) in [6.07, 6.45) is 0. The van der Waals surface area contributed by atoms with Crippen LogP contribution in [0.15, 0.2) is 64.5 Å². The van der Waals surface area contributed by atoms with Crippen molar-refractivity contribution in [1.82, 2.24) is 14.1 Å². The lowest BCUT2D eigenvalue weighted by Gasteiger charge is -2.13. The SMILES string of the molecule is COCCn1c(C)cc(C(=O)CSc2nc3ccccc3c(=O)n2-c2ccc(Cl)cc2)c1C. The normalized spacial score (nSPS) is 11.3. The van der Waals surface area contributed by atoms with E-state index in [0.717, 1.165) is 11.4 Å². The second-order valence-electron chi connectivity index (χ2n) is 7.67. The number of nitrogens with zero attached hydrogens (tertiary/aromatic N) is 3. The Balaban J connectivity index is 1.69. The molecule has 4 aromatic rings. The van der Waals surface area contributed by atoms with Crippen LogP contribution in [-0.2, 0) is 11.3 Å². The molecule has 0 aliphatic rings. The smallest absolute Gasteiger partial charge is 0.266 e. The molecule has 0 unspecified atom stereocenters. The molecule has 0 spiro atoms. The predicted octanol–water partition coefficient (Wildman–Crippen LogP) is 5.08. The average molecular weight is 482 g/mol. The van der Waals surface area contributed by atoms with Crippen LogP contribution in [0, 0.1) is 13.8 Å². The number of Topliss-reactive ketones (excluding diaryl/α,β-unsaturated/α-hetero) is 1. The molecule has 4 rings (SSSR count). The number of methoxy groups -OCH3 is 1. The maximum absolute atomic E-state index is 13.3. The number of benzene rings is 2. The van der Waals surface area contributed by atoms with Crippen LogP contribution in [0.25, 0.3) is 16.6 Å². The van der Waals surface area contributed by atoms with Crippen molar-refractivity contribution in [2.45, 2.75) is 25.5 Å². The molecule has 8 heteroatoms. The number of rotatable bonds is 8. The minimum atomic E-state index is -0.185. The summed E-state index contributed by atoms with van der Waals surface area (Å²) >= 11 is 7.30. The number of thioether (sulfide) groups is 1. The number of ether oxygens (including phenoxy) is 1. The van der Waals surface area contributed by atoms with Gasteiger partial charge in [0.25, 0.3) is 5.56 Å². The topological polar surface area (TPSA) is 66.1 Å². The van der Waals surface area contributed by atoms with Crippen molar-refractivity contribution < 1.29 is 9.53 Å². The first-order valence-electron chi connectivity index (χ1n) is 10.5. The van der Waals surface area contributed by atoms with Crippen LogP contribution in [0.2, 0.25) is 5.02 Å². The Kier molecular flexibility index (Phi) is 7.02. The monoisotopic (exact) mass is 481 g/mol. The summed E-state index contributed by atoms with van der Waals surface area (Å²) < 4.78 is 8.80. The number of hydrogen-bond acceptors (Lipinski definition) is 5. The minimum Gasteiger partial charge on any atom is -0.383 e. The van der Waals surface area contributed by atoms with Crippen molar-refractivity contribution in [3.8, 4) is 5.69 Å². The van der Waals surface area contributed by atoms with Gasteiger partial charge in [0.1, 0.15) is 0 Å². The second kappa shape index (κ2) is 9.95. The van der Waals surface area contributed by atoms with Crippen molar-refractivity contribution in [2.24, 2.45) is 0 Å². The van der Waals surface area contributed by atoms with Crippen LogP contribution in [0.1, 0.15) is 21.7 Å². The molecule has 0 amide bonds.